The maximum absolute atomic E-state index is 11.8. The van der Waals surface area contributed by atoms with Crippen LogP contribution in [-0.4, -0.2) is 11.9 Å². The van der Waals surface area contributed by atoms with Crippen LogP contribution in [0.5, 0.6) is 0 Å². The first-order valence-corrected chi connectivity index (χ1v) is 5.52. The first-order valence-electron chi connectivity index (χ1n) is 4.82. The average Bonchev–Trinajstić information content (AvgIpc) is 2.01. The van der Waals surface area contributed by atoms with Crippen LogP contribution in [0.3, 0.4) is 0 Å². The Balaban J connectivity index is 0.00000196. The number of carbonyl (C=O) groups excluding carboxylic acids is 1. The van der Waals surface area contributed by atoms with Crippen LogP contribution in [0, 0.1) is 20.8 Å². The molecule has 0 unspecified atom stereocenters. The Morgan fingerprint density at radius 1 is 1.20 bits per heavy atom. The largest absolute Gasteiger partial charge is 1.00 e. The van der Waals surface area contributed by atoms with Crippen molar-refractivity contribution < 1.29 is 23.7 Å². The SMILES string of the molecule is Cc1cc(C)c(C(=O)CC[PH-])c(C)c1.[Li+]. The van der Waals surface area contributed by atoms with E-state index in [9.17, 15) is 4.79 Å². The predicted molar refractivity (Wildman–Crippen MR) is 62.8 cm³/mol. The molecule has 0 saturated heterocycles. The maximum atomic E-state index is 11.8. The first kappa shape index (κ1) is 14.9. The van der Waals surface area contributed by atoms with Crippen molar-refractivity contribution in [2.75, 3.05) is 6.16 Å². The van der Waals surface area contributed by atoms with Crippen LogP contribution >= 0.6 is 9.24 Å². The Morgan fingerprint density at radius 3 is 2.07 bits per heavy atom. The molecule has 0 atom stereocenters. The van der Waals surface area contributed by atoms with Crippen molar-refractivity contribution in [1.29, 1.82) is 0 Å². The van der Waals surface area contributed by atoms with E-state index in [1.807, 2.05) is 13.8 Å². The van der Waals surface area contributed by atoms with E-state index in [1.165, 1.54) is 5.56 Å². The summed E-state index contributed by atoms with van der Waals surface area (Å²) < 4.78 is 0. The molecule has 0 spiro atoms. The van der Waals surface area contributed by atoms with Gasteiger partial charge in [0.1, 0.15) is 0 Å². The van der Waals surface area contributed by atoms with Crippen LogP contribution in [0.1, 0.15) is 33.5 Å². The average molecular weight is 214 g/mol. The molecule has 0 radical (unpaired) electrons. The van der Waals surface area contributed by atoms with Gasteiger partial charge in [-0.05, 0) is 38.3 Å². The fourth-order valence-corrected chi connectivity index (χ4v) is 2.09. The second kappa shape index (κ2) is 6.49. The third-order valence-electron chi connectivity index (χ3n) is 2.31. The van der Waals surface area contributed by atoms with Gasteiger partial charge < -0.3 is 9.24 Å². The summed E-state index contributed by atoms with van der Waals surface area (Å²) in [7, 11) is 3.34. The van der Waals surface area contributed by atoms with Crippen molar-refractivity contribution in [1.82, 2.24) is 0 Å². The van der Waals surface area contributed by atoms with Crippen molar-refractivity contribution in [2.24, 2.45) is 0 Å². The summed E-state index contributed by atoms with van der Waals surface area (Å²) in [4.78, 5) is 11.8. The number of hydrogen-bond donors (Lipinski definition) is 0. The van der Waals surface area contributed by atoms with E-state index in [1.54, 1.807) is 0 Å². The molecule has 1 rings (SSSR count). The molecule has 0 aromatic heterocycles. The number of aryl methyl sites for hydroxylation is 3. The topological polar surface area (TPSA) is 17.1 Å². The number of ketones is 1. The first-order chi connectivity index (χ1) is 6.56. The summed E-state index contributed by atoms with van der Waals surface area (Å²) in [6.45, 7) is 6.06. The molecule has 0 saturated carbocycles. The van der Waals surface area contributed by atoms with Crippen molar-refractivity contribution in [3.8, 4) is 0 Å². The Morgan fingerprint density at radius 2 is 1.67 bits per heavy atom. The number of rotatable bonds is 3. The zero-order chi connectivity index (χ0) is 10.7. The Kier molecular flexibility index (Phi) is 6.45. The van der Waals surface area contributed by atoms with Crippen LogP contribution in [0.25, 0.3) is 0 Å². The molecule has 0 bridgehead atoms. The number of hydrogen-bond acceptors (Lipinski definition) is 1. The van der Waals surface area contributed by atoms with Gasteiger partial charge in [0, 0.05) is 5.56 Å². The van der Waals surface area contributed by atoms with Crippen molar-refractivity contribution in [3.63, 3.8) is 0 Å². The number of Topliss-reactive ketones (excluding diaryl/α,β-unsaturated/α-hetero) is 1. The second-order valence-corrected chi connectivity index (χ2v) is 4.20. The number of benzene rings is 1. The molecule has 1 aromatic carbocycles. The predicted octanol–water partition coefficient (Wildman–Crippen LogP) is 0.331. The van der Waals surface area contributed by atoms with Gasteiger partial charge in [-0.3, -0.25) is 4.79 Å². The molecule has 0 aliphatic heterocycles. The minimum absolute atomic E-state index is 0. The van der Waals surface area contributed by atoms with Crippen molar-refractivity contribution >= 4 is 15.0 Å². The molecule has 3 heteroatoms. The molecule has 76 valence electrons. The van der Waals surface area contributed by atoms with E-state index in [4.69, 9.17) is 0 Å². The third kappa shape index (κ3) is 3.76. The summed E-state index contributed by atoms with van der Waals surface area (Å²) in [6.07, 6.45) is 1.30. The van der Waals surface area contributed by atoms with Gasteiger partial charge in [-0.2, -0.15) is 6.16 Å². The standard InChI is InChI=1S/C12H16OP.Li/c1-8-6-9(2)12(10(3)7-8)11(13)4-5-14;/h6-7,14H,4-5H2,1-3H3;/q-1;+1. The summed E-state index contributed by atoms with van der Waals surface area (Å²) in [6, 6.07) is 4.13. The molecular weight excluding hydrogens is 198 g/mol. The quantitative estimate of drug-likeness (QED) is 0.402. The molecule has 1 aromatic rings. The smallest absolute Gasteiger partial charge is 0.558 e. The Bertz CT molecular complexity index is 338. The maximum Gasteiger partial charge on any atom is 1.00 e. The van der Waals surface area contributed by atoms with E-state index in [0.717, 1.165) is 22.9 Å². The molecule has 1 nitrogen and oxygen atoms in total. The monoisotopic (exact) mass is 214 g/mol. The van der Waals surface area contributed by atoms with Crippen LogP contribution in [0.2, 0.25) is 0 Å². The molecule has 15 heavy (non-hydrogen) atoms. The number of carbonyl (C=O) groups is 1. The van der Waals surface area contributed by atoms with E-state index in [-0.39, 0.29) is 24.6 Å². The summed E-state index contributed by atoms with van der Waals surface area (Å²) >= 11 is 0. The summed E-state index contributed by atoms with van der Waals surface area (Å²) in [5, 5.41) is 0. The zero-order valence-electron chi connectivity index (χ0n) is 9.98. The molecular formula is C12H16LiOP. The van der Waals surface area contributed by atoms with Crippen LogP contribution in [0.15, 0.2) is 12.1 Å². The molecule has 0 heterocycles. The van der Waals surface area contributed by atoms with Gasteiger partial charge in [0.25, 0.3) is 0 Å². The van der Waals surface area contributed by atoms with E-state index >= 15 is 0 Å². The normalized spacial score (nSPS) is 9.60. The summed E-state index contributed by atoms with van der Waals surface area (Å²) in [5.74, 6) is 0.231. The molecule has 0 fully saturated rings. The fourth-order valence-electron chi connectivity index (χ4n) is 1.86. The summed E-state index contributed by atoms with van der Waals surface area (Å²) in [5.41, 5.74) is 4.30. The van der Waals surface area contributed by atoms with Gasteiger partial charge in [-0.25, -0.2) is 0 Å². The van der Waals surface area contributed by atoms with E-state index in [2.05, 4.69) is 28.3 Å². The van der Waals surface area contributed by atoms with Crippen molar-refractivity contribution in [2.45, 2.75) is 27.2 Å². The minimum atomic E-state index is 0. The van der Waals surface area contributed by atoms with Gasteiger partial charge in [-0.1, -0.05) is 17.7 Å². The van der Waals surface area contributed by atoms with Gasteiger partial charge in [0.15, 0.2) is 5.78 Å². The van der Waals surface area contributed by atoms with Crippen LogP contribution < -0.4 is 18.9 Å². The molecule has 0 N–H and O–H groups in total. The van der Waals surface area contributed by atoms with Gasteiger partial charge in [0.2, 0.25) is 0 Å². The zero-order valence-corrected chi connectivity index (χ0v) is 11.0. The minimum Gasteiger partial charge on any atom is -0.558 e. The Labute approximate surface area is 106 Å². The van der Waals surface area contributed by atoms with Gasteiger partial charge >= 0.3 is 18.9 Å². The van der Waals surface area contributed by atoms with E-state index < -0.39 is 0 Å². The Hall–Kier alpha value is -0.0826. The van der Waals surface area contributed by atoms with Crippen LogP contribution in [0.4, 0.5) is 0 Å². The molecule has 0 amide bonds. The van der Waals surface area contributed by atoms with Gasteiger partial charge in [-0.15, -0.1) is 0 Å². The van der Waals surface area contributed by atoms with Crippen LogP contribution in [-0.2, 0) is 0 Å². The fraction of sp³-hybridized carbons (Fsp3) is 0.417. The van der Waals surface area contributed by atoms with E-state index in [0.29, 0.717) is 6.42 Å². The van der Waals surface area contributed by atoms with Crippen molar-refractivity contribution in [3.05, 3.63) is 34.4 Å². The van der Waals surface area contributed by atoms with Gasteiger partial charge in [0.05, 0.1) is 0 Å². The third-order valence-corrected chi connectivity index (χ3v) is 2.56. The molecule has 0 aliphatic carbocycles. The molecule has 0 aliphatic rings. The second-order valence-electron chi connectivity index (χ2n) is 3.70.